The van der Waals surface area contributed by atoms with E-state index in [1.165, 1.54) is 12.1 Å². The summed E-state index contributed by atoms with van der Waals surface area (Å²) in [5, 5.41) is 21.7. The summed E-state index contributed by atoms with van der Waals surface area (Å²) >= 11 is 0. The number of hydrogen-bond acceptors (Lipinski definition) is 4. The van der Waals surface area contributed by atoms with Gasteiger partial charge in [-0.3, -0.25) is 0 Å². The van der Waals surface area contributed by atoms with Gasteiger partial charge in [-0.2, -0.15) is 0 Å². The number of unbranched alkanes of at least 4 members (excludes halogenated alkanes) is 1. The van der Waals surface area contributed by atoms with Crippen LogP contribution in [-0.4, -0.2) is 11.9 Å². The summed E-state index contributed by atoms with van der Waals surface area (Å²) in [6.07, 6.45) is 2.24. The molecule has 1 aromatic carbocycles. The first-order chi connectivity index (χ1) is 7.57. The molecule has 0 spiro atoms. The minimum absolute atomic E-state index is 0. The van der Waals surface area contributed by atoms with Gasteiger partial charge in [0, 0.05) is 11.1 Å². The molecule has 0 saturated heterocycles. The van der Waals surface area contributed by atoms with E-state index >= 15 is 0 Å². The maximum Gasteiger partial charge on any atom is 2.00 e. The van der Waals surface area contributed by atoms with Crippen LogP contribution in [0.15, 0.2) is 18.2 Å². The molecule has 0 aliphatic heterocycles. The Morgan fingerprint density at radius 1 is 1.18 bits per heavy atom. The first kappa shape index (κ1) is 15.8. The first-order valence-electron chi connectivity index (χ1n) is 5.12. The third-order valence-corrected chi connectivity index (χ3v) is 2.37. The number of carbonyl (C=O) groups is 2. The maximum atomic E-state index is 10.9. The number of aryl methyl sites for hydroxylation is 1. The van der Waals surface area contributed by atoms with Crippen molar-refractivity contribution in [2.24, 2.45) is 0 Å². The van der Waals surface area contributed by atoms with Gasteiger partial charge >= 0.3 is 19.5 Å². The van der Waals surface area contributed by atoms with Crippen molar-refractivity contribution in [3.05, 3.63) is 34.9 Å². The summed E-state index contributed by atoms with van der Waals surface area (Å²) in [6.45, 7) is 1.97. The van der Waals surface area contributed by atoms with Gasteiger partial charge < -0.3 is 19.8 Å². The fourth-order valence-corrected chi connectivity index (χ4v) is 1.59. The molecule has 0 aromatic heterocycles. The number of aromatic carboxylic acids is 2. The van der Waals surface area contributed by atoms with Crippen LogP contribution in [0.1, 0.15) is 46.0 Å². The third-order valence-electron chi connectivity index (χ3n) is 2.37. The Bertz CT molecular complexity index is 415. The van der Waals surface area contributed by atoms with Crippen LogP contribution in [-0.2, 0) is 25.9 Å². The fraction of sp³-hybridized carbons (Fsp3) is 0.333. The summed E-state index contributed by atoms with van der Waals surface area (Å²) in [4.78, 5) is 21.7. The molecule has 17 heavy (non-hydrogen) atoms. The summed E-state index contributed by atoms with van der Waals surface area (Å²) < 4.78 is 0. The van der Waals surface area contributed by atoms with Crippen molar-refractivity contribution in [3.63, 3.8) is 0 Å². The Hall–Kier alpha value is -1.22. The number of rotatable bonds is 5. The van der Waals surface area contributed by atoms with Gasteiger partial charge in [-0.15, -0.1) is 0 Å². The number of carboxylic acids is 2. The largest absolute Gasteiger partial charge is 2.00 e. The average molecular weight is 286 g/mol. The number of carboxylic acid groups (broad SMARTS) is 2. The zero-order valence-corrected chi connectivity index (χ0v) is 12.7. The Balaban J connectivity index is 0.00000256. The van der Waals surface area contributed by atoms with Crippen LogP contribution < -0.4 is 10.2 Å². The molecule has 0 heterocycles. The van der Waals surface area contributed by atoms with E-state index < -0.39 is 11.9 Å². The van der Waals surface area contributed by atoms with Crippen LogP contribution in [0.4, 0.5) is 0 Å². The summed E-state index contributed by atoms with van der Waals surface area (Å²) in [7, 11) is 0. The third kappa shape index (κ3) is 3.93. The minimum Gasteiger partial charge on any atom is -0.545 e. The van der Waals surface area contributed by atoms with Crippen LogP contribution >= 0.6 is 0 Å². The van der Waals surface area contributed by atoms with E-state index in [0.29, 0.717) is 12.0 Å². The Morgan fingerprint density at radius 3 is 2.29 bits per heavy atom. The van der Waals surface area contributed by atoms with Crippen molar-refractivity contribution in [2.45, 2.75) is 26.2 Å². The standard InChI is InChI=1S/C12H14O4.Zn/c1-2-3-5-8-6-4-7-9(11(13)14)10(8)12(15)16;/h4,6-7H,2-3,5H2,1H3,(H,13,14)(H,15,16);/q;+2/p-2. The van der Waals surface area contributed by atoms with Gasteiger partial charge in [0.2, 0.25) is 0 Å². The monoisotopic (exact) mass is 284 g/mol. The van der Waals surface area contributed by atoms with Crippen LogP contribution in [0.2, 0.25) is 0 Å². The number of benzene rings is 1. The van der Waals surface area contributed by atoms with E-state index in [1.54, 1.807) is 6.07 Å². The van der Waals surface area contributed by atoms with Gasteiger partial charge in [0.15, 0.2) is 0 Å². The zero-order chi connectivity index (χ0) is 12.1. The number of carbonyl (C=O) groups excluding carboxylic acids is 2. The predicted octanol–water partition coefficient (Wildman–Crippen LogP) is -0.246. The molecule has 0 unspecified atom stereocenters. The first-order valence-corrected chi connectivity index (χ1v) is 5.12. The Kier molecular flexibility index (Phi) is 6.66. The molecule has 0 amide bonds. The Labute approximate surface area is 112 Å². The molecular formula is C12H12O4Zn. The molecular weight excluding hydrogens is 274 g/mol. The Morgan fingerprint density at radius 2 is 1.82 bits per heavy atom. The van der Waals surface area contributed by atoms with E-state index in [1.807, 2.05) is 6.92 Å². The van der Waals surface area contributed by atoms with E-state index in [9.17, 15) is 19.8 Å². The summed E-state index contributed by atoms with van der Waals surface area (Å²) in [5.74, 6) is -2.96. The molecule has 0 fully saturated rings. The molecule has 86 valence electrons. The average Bonchev–Trinajstić information content (AvgIpc) is 2.25. The summed E-state index contributed by atoms with van der Waals surface area (Å²) in [5.41, 5.74) is -0.0758. The van der Waals surface area contributed by atoms with E-state index in [-0.39, 0.29) is 30.6 Å². The second-order valence-corrected chi connectivity index (χ2v) is 3.52. The molecule has 0 aliphatic rings. The maximum absolute atomic E-state index is 10.9. The predicted molar refractivity (Wildman–Crippen MR) is 53.7 cm³/mol. The van der Waals surface area contributed by atoms with Crippen LogP contribution in [0.3, 0.4) is 0 Å². The molecule has 5 heteroatoms. The topological polar surface area (TPSA) is 80.3 Å². The smallest absolute Gasteiger partial charge is 0.545 e. The molecule has 1 aromatic rings. The second kappa shape index (κ2) is 7.18. The van der Waals surface area contributed by atoms with Gasteiger partial charge in [0.05, 0.1) is 11.9 Å². The van der Waals surface area contributed by atoms with Crippen molar-refractivity contribution >= 4 is 11.9 Å². The summed E-state index contributed by atoms with van der Waals surface area (Å²) in [6, 6.07) is 4.34. The van der Waals surface area contributed by atoms with Crippen LogP contribution in [0, 0.1) is 0 Å². The van der Waals surface area contributed by atoms with Crippen molar-refractivity contribution < 1.29 is 39.3 Å². The molecule has 0 saturated carbocycles. The molecule has 4 nitrogen and oxygen atoms in total. The van der Waals surface area contributed by atoms with Gasteiger partial charge in [0.25, 0.3) is 0 Å². The van der Waals surface area contributed by atoms with E-state index in [4.69, 9.17) is 0 Å². The van der Waals surface area contributed by atoms with Crippen molar-refractivity contribution in [1.29, 1.82) is 0 Å². The van der Waals surface area contributed by atoms with E-state index in [0.717, 1.165) is 12.8 Å². The molecule has 0 radical (unpaired) electrons. The normalized spacial score (nSPS) is 9.47. The molecule has 0 aliphatic carbocycles. The molecule has 0 N–H and O–H groups in total. The molecule has 1 rings (SSSR count). The van der Waals surface area contributed by atoms with Gasteiger partial charge in [-0.1, -0.05) is 31.5 Å². The second-order valence-electron chi connectivity index (χ2n) is 3.52. The van der Waals surface area contributed by atoms with Gasteiger partial charge in [0.1, 0.15) is 0 Å². The van der Waals surface area contributed by atoms with Crippen LogP contribution in [0.5, 0.6) is 0 Å². The van der Waals surface area contributed by atoms with Gasteiger partial charge in [-0.05, 0) is 18.4 Å². The van der Waals surface area contributed by atoms with Gasteiger partial charge in [-0.25, -0.2) is 0 Å². The molecule has 0 bridgehead atoms. The zero-order valence-electron chi connectivity index (χ0n) is 9.69. The van der Waals surface area contributed by atoms with Crippen molar-refractivity contribution in [1.82, 2.24) is 0 Å². The number of hydrogen-bond donors (Lipinski definition) is 0. The minimum atomic E-state index is -1.49. The van der Waals surface area contributed by atoms with E-state index in [2.05, 4.69) is 0 Å². The fourth-order valence-electron chi connectivity index (χ4n) is 1.59. The van der Waals surface area contributed by atoms with Crippen molar-refractivity contribution in [2.75, 3.05) is 0 Å². The van der Waals surface area contributed by atoms with Crippen molar-refractivity contribution in [3.8, 4) is 0 Å². The SMILES string of the molecule is CCCCc1cccc(C(=O)[O-])c1C(=O)[O-].[Zn+2]. The van der Waals surface area contributed by atoms with Crippen LogP contribution in [0.25, 0.3) is 0 Å². The molecule has 0 atom stereocenters. The quantitative estimate of drug-likeness (QED) is 0.699.